The monoisotopic (exact) mass is 277 g/mol. The Balaban J connectivity index is 2.18. The Bertz CT molecular complexity index is 697. The van der Waals surface area contributed by atoms with E-state index in [1.54, 1.807) is 40.2 Å². The maximum absolute atomic E-state index is 6.16. The van der Waals surface area contributed by atoms with Crippen molar-refractivity contribution in [3.8, 4) is 0 Å². The molecule has 0 amide bonds. The van der Waals surface area contributed by atoms with Gasteiger partial charge in [-0.05, 0) is 0 Å². The molecule has 98 valence electrons. The predicted molar refractivity (Wildman–Crippen MR) is 70.4 cm³/mol. The van der Waals surface area contributed by atoms with E-state index >= 15 is 0 Å². The molecule has 19 heavy (non-hydrogen) atoms. The van der Waals surface area contributed by atoms with Crippen LogP contribution in [0.5, 0.6) is 0 Å². The lowest BCUT2D eigenvalue weighted by Gasteiger charge is -2.15. The highest BCUT2D eigenvalue weighted by Crippen LogP contribution is 2.29. The third-order valence-electron chi connectivity index (χ3n) is 3.04. The average Bonchev–Trinajstić information content (AvgIpc) is 2.98. The van der Waals surface area contributed by atoms with Crippen LogP contribution in [0, 0.1) is 0 Å². The van der Waals surface area contributed by atoms with Crippen LogP contribution in [0.2, 0.25) is 5.02 Å². The Hall–Kier alpha value is -1.96. The third kappa shape index (κ3) is 1.88. The molecule has 0 spiro atoms. The standard InChI is InChI=1S/C11H12ClN7/c1-18-11(8(12)5-15-18)10(17-13)7-4-16-19-3-2-14-6-9(7)19/h2-6,10,17H,13H2,1H3. The van der Waals surface area contributed by atoms with Gasteiger partial charge in [0.15, 0.2) is 0 Å². The Morgan fingerprint density at radius 1 is 1.32 bits per heavy atom. The number of aromatic nitrogens is 5. The molecule has 0 fully saturated rings. The Kier molecular flexibility index (Phi) is 2.94. The number of nitrogens with one attached hydrogen (secondary N) is 1. The quantitative estimate of drug-likeness (QED) is 0.543. The summed E-state index contributed by atoms with van der Waals surface area (Å²) in [6, 6.07) is -0.304. The van der Waals surface area contributed by atoms with Crippen LogP contribution in [0.3, 0.4) is 0 Å². The van der Waals surface area contributed by atoms with Gasteiger partial charge < -0.3 is 0 Å². The number of aryl methyl sites for hydroxylation is 1. The minimum absolute atomic E-state index is 0.304. The molecule has 3 N–H and O–H groups in total. The van der Waals surface area contributed by atoms with Crippen LogP contribution in [-0.2, 0) is 7.05 Å². The fourth-order valence-electron chi connectivity index (χ4n) is 2.14. The molecular formula is C11H12ClN7. The fourth-order valence-corrected chi connectivity index (χ4v) is 2.41. The van der Waals surface area contributed by atoms with Crippen LogP contribution in [0.25, 0.3) is 5.52 Å². The largest absolute Gasteiger partial charge is 0.271 e. The topological polar surface area (TPSA) is 86.1 Å². The molecule has 0 aliphatic heterocycles. The SMILES string of the molecule is Cn1ncc(Cl)c1C(NN)c1cnn2ccncc12. The van der Waals surface area contributed by atoms with E-state index in [2.05, 4.69) is 20.6 Å². The van der Waals surface area contributed by atoms with Gasteiger partial charge in [0.2, 0.25) is 0 Å². The highest BCUT2D eigenvalue weighted by Gasteiger charge is 2.23. The molecule has 3 heterocycles. The van der Waals surface area contributed by atoms with E-state index in [9.17, 15) is 0 Å². The van der Waals surface area contributed by atoms with Crippen LogP contribution in [0.4, 0.5) is 0 Å². The molecular weight excluding hydrogens is 266 g/mol. The molecule has 8 heteroatoms. The fraction of sp³-hybridized carbons (Fsp3) is 0.182. The molecule has 0 aliphatic rings. The zero-order valence-corrected chi connectivity index (χ0v) is 10.9. The van der Waals surface area contributed by atoms with E-state index < -0.39 is 0 Å². The van der Waals surface area contributed by atoms with E-state index in [4.69, 9.17) is 17.4 Å². The summed E-state index contributed by atoms with van der Waals surface area (Å²) < 4.78 is 3.42. The number of nitrogens with two attached hydrogens (primary N) is 1. The van der Waals surface area contributed by atoms with E-state index in [0.717, 1.165) is 16.8 Å². The average molecular weight is 278 g/mol. The van der Waals surface area contributed by atoms with Crippen molar-refractivity contribution < 1.29 is 0 Å². The summed E-state index contributed by atoms with van der Waals surface area (Å²) in [5, 5.41) is 8.94. The number of nitrogens with zero attached hydrogens (tertiary/aromatic N) is 5. The molecule has 3 aromatic rings. The molecule has 0 bridgehead atoms. The maximum Gasteiger partial charge on any atom is 0.0930 e. The molecule has 3 rings (SSSR count). The number of hydrogen-bond donors (Lipinski definition) is 2. The van der Waals surface area contributed by atoms with Crippen molar-refractivity contribution >= 4 is 17.1 Å². The summed E-state index contributed by atoms with van der Waals surface area (Å²) in [5.41, 5.74) is 5.29. The molecule has 1 unspecified atom stereocenters. The summed E-state index contributed by atoms with van der Waals surface area (Å²) in [7, 11) is 1.81. The van der Waals surface area contributed by atoms with Gasteiger partial charge in [-0.2, -0.15) is 10.2 Å². The van der Waals surface area contributed by atoms with Gasteiger partial charge in [0.1, 0.15) is 0 Å². The molecule has 0 radical (unpaired) electrons. The van der Waals surface area contributed by atoms with Crippen molar-refractivity contribution in [1.29, 1.82) is 0 Å². The summed E-state index contributed by atoms with van der Waals surface area (Å²) >= 11 is 6.16. The maximum atomic E-state index is 6.16. The minimum Gasteiger partial charge on any atom is -0.271 e. The lowest BCUT2D eigenvalue weighted by molar-refractivity contribution is 0.578. The number of hydrogen-bond acceptors (Lipinski definition) is 5. The predicted octanol–water partition coefficient (Wildman–Crippen LogP) is 0.669. The number of hydrazine groups is 1. The van der Waals surface area contributed by atoms with Crippen LogP contribution < -0.4 is 11.3 Å². The first-order valence-corrected chi connectivity index (χ1v) is 6.01. The second-order valence-electron chi connectivity index (χ2n) is 4.11. The van der Waals surface area contributed by atoms with Crippen molar-refractivity contribution in [3.63, 3.8) is 0 Å². The normalized spacial score (nSPS) is 13.0. The van der Waals surface area contributed by atoms with Crippen LogP contribution >= 0.6 is 11.6 Å². The van der Waals surface area contributed by atoms with Crippen LogP contribution in [-0.4, -0.2) is 24.4 Å². The zero-order chi connectivity index (χ0) is 13.4. The lowest BCUT2D eigenvalue weighted by atomic mass is 10.1. The van der Waals surface area contributed by atoms with Gasteiger partial charge in [-0.15, -0.1) is 0 Å². The Morgan fingerprint density at radius 3 is 2.84 bits per heavy atom. The highest BCUT2D eigenvalue weighted by molar-refractivity contribution is 6.31. The molecule has 3 aromatic heterocycles. The number of rotatable bonds is 3. The molecule has 0 saturated heterocycles. The first-order valence-electron chi connectivity index (χ1n) is 5.63. The molecule has 1 atom stereocenters. The molecule has 0 aromatic carbocycles. The molecule has 7 nitrogen and oxygen atoms in total. The lowest BCUT2D eigenvalue weighted by Crippen LogP contribution is -2.30. The van der Waals surface area contributed by atoms with Gasteiger partial charge in [0, 0.05) is 25.0 Å². The second kappa shape index (κ2) is 4.61. The second-order valence-corrected chi connectivity index (χ2v) is 4.51. The van der Waals surface area contributed by atoms with Gasteiger partial charge in [0.05, 0.1) is 40.9 Å². The number of halogens is 1. The summed E-state index contributed by atoms with van der Waals surface area (Å²) in [4.78, 5) is 4.10. The van der Waals surface area contributed by atoms with Gasteiger partial charge in [-0.1, -0.05) is 11.6 Å². The van der Waals surface area contributed by atoms with Gasteiger partial charge >= 0.3 is 0 Å². The van der Waals surface area contributed by atoms with E-state index in [-0.39, 0.29) is 6.04 Å². The molecule has 0 saturated carbocycles. The smallest absolute Gasteiger partial charge is 0.0930 e. The van der Waals surface area contributed by atoms with Crippen molar-refractivity contribution in [2.24, 2.45) is 12.9 Å². The van der Waals surface area contributed by atoms with Gasteiger partial charge in [0.25, 0.3) is 0 Å². The van der Waals surface area contributed by atoms with E-state index in [1.807, 2.05) is 7.05 Å². The summed E-state index contributed by atoms with van der Waals surface area (Å²) in [5.74, 6) is 5.68. The van der Waals surface area contributed by atoms with Crippen molar-refractivity contribution in [1.82, 2.24) is 29.8 Å². The first kappa shape index (κ1) is 12.1. The summed E-state index contributed by atoms with van der Waals surface area (Å²) in [6.45, 7) is 0. The Morgan fingerprint density at radius 2 is 2.16 bits per heavy atom. The first-order chi connectivity index (χ1) is 9.22. The van der Waals surface area contributed by atoms with Crippen LogP contribution in [0.1, 0.15) is 17.3 Å². The van der Waals surface area contributed by atoms with Gasteiger partial charge in [-0.3, -0.25) is 15.5 Å². The number of fused-ring (bicyclic) bond motifs is 1. The van der Waals surface area contributed by atoms with Crippen molar-refractivity contribution in [2.75, 3.05) is 0 Å². The van der Waals surface area contributed by atoms with Crippen molar-refractivity contribution in [3.05, 3.63) is 47.3 Å². The zero-order valence-electron chi connectivity index (χ0n) is 10.2. The summed E-state index contributed by atoms with van der Waals surface area (Å²) in [6.07, 6.45) is 8.51. The highest BCUT2D eigenvalue weighted by atomic mass is 35.5. The third-order valence-corrected chi connectivity index (χ3v) is 3.33. The van der Waals surface area contributed by atoms with Crippen LogP contribution in [0.15, 0.2) is 31.0 Å². The van der Waals surface area contributed by atoms with Crippen molar-refractivity contribution in [2.45, 2.75) is 6.04 Å². The van der Waals surface area contributed by atoms with E-state index in [1.165, 1.54) is 0 Å². The van der Waals surface area contributed by atoms with Gasteiger partial charge in [-0.25, -0.2) is 9.94 Å². The Labute approximate surface area is 114 Å². The van der Waals surface area contributed by atoms with E-state index in [0.29, 0.717) is 5.02 Å². The minimum atomic E-state index is -0.304. The molecule has 0 aliphatic carbocycles.